The van der Waals surface area contributed by atoms with Crippen molar-refractivity contribution in [2.24, 2.45) is 0 Å². The lowest BCUT2D eigenvalue weighted by molar-refractivity contribution is 0.0247. The molecule has 0 saturated carbocycles. The maximum Gasteiger partial charge on any atom is 0.411 e. The summed E-state index contributed by atoms with van der Waals surface area (Å²) in [6.07, 6.45) is -1.44. The highest BCUT2D eigenvalue weighted by molar-refractivity contribution is 6.04. The summed E-state index contributed by atoms with van der Waals surface area (Å²) in [7, 11) is 3.63. The zero-order chi connectivity index (χ0) is 25.3. The highest BCUT2D eigenvalue weighted by Crippen LogP contribution is 2.41. The van der Waals surface area contributed by atoms with Crippen LogP contribution in [0.1, 0.15) is 47.1 Å². The maximum atomic E-state index is 14.5. The Labute approximate surface area is 201 Å². The third kappa shape index (κ3) is 4.88. The summed E-state index contributed by atoms with van der Waals surface area (Å²) < 4.78 is 33.5. The number of likely N-dealkylation sites (N-methyl/N-ethyl adjacent to an activating group) is 1. The Morgan fingerprint density at radius 3 is 2.51 bits per heavy atom. The van der Waals surface area contributed by atoms with Crippen molar-refractivity contribution >= 4 is 17.8 Å². The number of H-pyrrole nitrogens is 1. The quantitative estimate of drug-likeness (QED) is 0.541. The maximum absolute atomic E-state index is 14.5. The smallest absolute Gasteiger partial charge is 0.411 e. The molecule has 3 aromatic rings. The second kappa shape index (κ2) is 9.46. The van der Waals surface area contributed by atoms with Gasteiger partial charge in [-0.15, -0.1) is 0 Å². The van der Waals surface area contributed by atoms with Crippen molar-refractivity contribution in [3.8, 4) is 0 Å². The molecule has 0 spiro atoms. The lowest BCUT2D eigenvalue weighted by Gasteiger charge is -2.33. The van der Waals surface area contributed by atoms with Gasteiger partial charge in [-0.25, -0.2) is 13.6 Å². The third-order valence-electron chi connectivity index (χ3n) is 6.05. The van der Waals surface area contributed by atoms with Gasteiger partial charge in [0.15, 0.2) is 5.82 Å². The molecule has 184 valence electrons. The molecule has 35 heavy (non-hydrogen) atoms. The zero-order valence-corrected chi connectivity index (χ0v) is 19.9. The number of aromatic amines is 1. The summed E-state index contributed by atoms with van der Waals surface area (Å²) in [6, 6.07) is 11.4. The van der Waals surface area contributed by atoms with Gasteiger partial charge in [-0.3, -0.25) is 14.8 Å². The Morgan fingerprint density at radius 1 is 1.17 bits per heavy atom. The molecule has 1 atom stereocenters. The predicted octanol–water partition coefficient (Wildman–Crippen LogP) is 4.43. The minimum absolute atomic E-state index is 0.128. The van der Waals surface area contributed by atoms with E-state index >= 15 is 0 Å². The third-order valence-corrected chi connectivity index (χ3v) is 6.05. The summed E-state index contributed by atoms with van der Waals surface area (Å²) in [5.41, 5.74) is 1.03. The van der Waals surface area contributed by atoms with Gasteiger partial charge in [0.05, 0.1) is 17.8 Å². The molecule has 0 saturated heterocycles. The van der Waals surface area contributed by atoms with Gasteiger partial charge >= 0.3 is 6.09 Å². The summed E-state index contributed by atoms with van der Waals surface area (Å²) >= 11 is 0. The van der Waals surface area contributed by atoms with Crippen molar-refractivity contribution in [2.45, 2.75) is 32.0 Å². The van der Waals surface area contributed by atoms with Gasteiger partial charge in [0, 0.05) is 23.2 Å². The summed E-state index contributed by atoms with van der Waals surface area (Å²) in [5, 5.41) is 9.83. The molecule has 8 nitrogen and oxygen atoms in total. The number of fused-ring (bicyclic) bond motifs is 1. The molecule has 0 unspecified atom stereocenters. The molecule has 1 aliphatic heterocycles. The Balaban J connectivity index is 1.54. The van der Waals surface area contributed by atoms with E-state index in [1.165, 1.54) is 35.2 Å². The van der Waals surface area contributed by atoms with Crippen LogP contribution in [-0.2, 0) is 16.8 Å². The monoisotopic (exact) mass is 483 g/mol. The van der Waals surface area contributed by atoms with Crippen LogP contribution < -0.4 is 5.32 Å². The van der Waals surface area contributed by atoms with Gasteiger partial charge < -0.3 is 15.0 Å². The molecule has 2 heterocycles. The summed E-state index contributed by atoms with van der Waals surface area (Å²) in [5.74, 6) is -1.07. The van der Waals surface area contributed by atoms with Crippen LogP contribution in [0.5, 0.6) is 0 Å². The van der Waals surface area contributed by atoms with E-state index < -0.39 is 35.3 Å². The zero-order valence-electron chi connectivity index (χ0n) is 19.9. The van der Waals surface area contributed by atoms with Crippen LogP contribution in [0, 0.1) is 11.6 Å². The van der Waals surface area contributed by atoms with E-state index in [2.05, 4.69) is 15.5 Å². The number of carbonyl (C=O) groups is 2. The van der Waals surface area contributed by atoms with Crippen LogP contribution in [0.25, 0.3) is 0 Å². The Kier molecular flexibility index (Phi) is 6.58. The molecule has 2 aromatic carbocycles. The van der Waals surface area contributed by atoms with E-state index in [4.69, 9.17) is 4.74 Å². The first kappa shape index (κ1) is 24.3. The Hall–Kier alpha value is -3.79. The number of anilines is 1. The highest BCUT2D eigenvalue weighted by Gasteiger charge is 2.45. The lowest BCUT2D eigenvalue weighted by atomic mass is 10.0. The first-order valence-corrected chi connectivity index (χ1v) is 11.1. The second-order valence-electron chi connectivity index (χ2n) is 9.19. The number of rotatable bonds is 6. The van der Waals surface area contributed by atoms with E-state index in [0.29, 0.717) is 23.4 Å². The van der Waals surface area contributed by atoms with Gasteiger partial charge in [-0.1, -0.05) is 18.2 Å². The molecule has 0 fully saturated rings. The van der Waals surface area contributed by atoms with E-state index in [1.807, 2.05) is 32.8 Å². The average molecular weight is 484 g/mol. The van der Waals surface area contributed by atoms with E-state index in [1.54, 1.807) is 18.2 Å². The van der Waals surface area contributed by atoms with Crippen LogP contribution in [-0.4, -0.2) is 52.6 Å². The topological polar surface area (TPSA) is 90.6 Å². The lowest BCUT2D eigenvalue weighted by Crippen LogP contribution is -2.42. The number of benzene rings is 2. The second-order valence-corrected chi connectivity index (χ2v) is 9.19. The number of nitrogens with zero attached hydrogens (tertiary/aromatic N) is 3. The number of ether oxygens (including phenoxy) is 1. The van der Waals surface area contributed by atoms with Crippen LogP contribution in [0.2, 0.25) is 0 Å². The van der Waals surface area contributed by atoms with Crippen molar-refractivity contribution in [3.05, 3.63) is 82.5 Å². The van der Waals surface area contributed by atoms with Gasteiger partial charge in [0.25, 0.3) is 5.91 Å². The molecule has 1 aromatic heterocycles. The highest BCUT2D eigenvalue weighted by atomic mass is 19.1. The molecule has 2 N–H and O–H groups in total. The SMILES string of the molecule is CN(C)C[C@@H](OC(=O)N1Cc2c(NC(=O)c3ccc(F)cc3)n[nH]c2C1(C)C)c1ccccc1F. The molecular weight excluding hydrogens is 456 g/mol. The minimum atomic E-state index is -0.823. The number of aromatic nitrogens is 2. The number of hydrogen-bond acceptors (Lipinski definition) is 5. The van der Waals surface area contributed by atoms with Crippen LogP contribution in [0.3, 0.4) is 0 Å². The summed E-state index contributed by atoms with van der Waals surface area (Å²) in [4.78, 5) is 29.2. The van der Waals surface area contributed by atoms with Crippen LogP contribution in [0.15, 0.2) is 48.5 Å². The van der Waals surface area contributed by atoms with Crippen molar-refractivity contribution in [1.82, 2.24) is 20.0 Å². The van der Waals surface area contributed by atoms with Gasteiger partial charge in [0.1, 0.15) is 17.7 Å². The number of amides is 2. The van der Waals surface area contributed by atoms with E-state index in [9.17, 15) is 18.4 Å². The number of nitrogens with one attached hydrogen (secondary N) is 2. The standard InChI is InChI=1S/C25H27F2N5O3/c1-25(2)21-18(22(30-29-21)28-23(33)15-9-11-16(26)12-10-15)13-32(25)24(34)35-20(14-31(3)4)17-7-5-6-8-19(17)27/h5-12,20H,13-14H2,1-4H3,(H2,28,29,30,33)/t20-/m1/s1. The molecule has 1 aliphatic rings. The minimum Gasteiger partial charge on any atom is -0.440 e. The predicted molar refractivity (Wildman–Crippen MR) is 126 cm³/mol. The fourth-order valence-electron chi connectivity index (χ4n) is 4.15. The summed E-state index contributed by atoms with van der Waals surface area (Å²) in [6.45, 7) is 4.08. The first-order valence-electron chi connectivity index (χ1n) is 11.1. The molecule has 10 heteroatoms. The van der Waals surface area contributed by atoms with Gasteiger partial charge in [-0.2, -0.15) is 5.10 Å². The molecule has 0 aliphatic carbocycles. The fraction of sp³-hybridized carbons (Fsp3) is 0.320. The average Bonchev–Trinajstić information content (AvgIpc) is 3.31. The fourth-order valence-corrected chi connectivity index (χ4v) is 4.15. The van der Waals surface area contributed by atoms with Crippen LogP contribution in [0.4, 0.5) is 19.4 Å². The normalized spacial score (nSPS) is 15.1. The largest absolute Gasteiger partial charge is 0.440 e. The number of halogens is 2. The van der Waals surface area contributed by atoms with Gasteiger partial charge in [-0.05, 0) is 58.3 Å². The van der Waals surface area contributed by atoms with E-state index in [-0.39, 0.29) is 17.9 Å². The van der Waals surface area contributed by atoms with Crippen LogP contribution >= 0.6 is 0 Å². The Morgan fingerprint density at radius 2 is 1.86 bits per heavy atom. The number of carbonyl (C=O) groups excluding carboxylic acids is 2. The molecule has 2 amide bonds. The van der Waals surface area contributed by atoms with Crippen molar-refractivity contribution in [2.75, 3.05) is 26.0 Å². The molecule has 4 rings (SSSR count). The van der Waals surface area contributed by atoms with Gasteiger partial charge in [0.2, 0.25) is 0 Å². The van der Waals surface area contributed by atoms with Crippen molar-refractivity contribution < 1.29 is 23.1 Å². The first-order chi connectivity index (χ1) is 16.6. The molecular formula is C25H27F2N5O3. The molecule has 0 bridgehead atoms. The van der Waals surface area contributed by atoms with Crippen molar-refractivity contribution in [1.29, 1.82) is 0 Å². The number of hydrogen-bond donors (Lipinski definition) is 2. The Bertz CT molecular complexity index is 1240. The van der Waals surface area contributed by atoms with Crippen molar-refractivity contribution in [3.63, 3.8) is 0 Å². The molecule has 0 radical (unpaired) electrons. The van der Waals surface area contributed by atoms with E-state index in [0.717, 1.165) is 0 Å².